The average molecular weight is 603 g/mol. The maximum absolute atomic E-state index is 14.2. The van der Waals surface area contributed by atoms with E-state index in [9.17, 15) is 9.59 Å². The molecule has 1 aliphatic heterocycles. The van der Waals surface area contributed by atoms with E-state index in [0.717, 1.165) is 32.1 Å². The number of hydrogen-bond donors (Lipinski definition) is 1. The molecule has 2 aliphatic rings. The molecule has 1 atom stereocenters. The van der Waals surface area contributed by atoms with Crippen LogP contribution >= 0.6 is 0 Å². The van der Waals surface area contributed by atoms with Gasteiger partial charge in [-0.3, -0.25) is 14.5 Å². The quantitative estimate of drug-likeness (QED) is 0.283. The average Bonchev–Trinajstić information content (AvgIpc) is 3.76. The lowest BCUT2D eigenvalue weighted by Gasteiger charge is -2.32. The Bertz CT molecular complexity index is 1600. The van der Waals surface area contributed by atoms with Gasteiger partial charge in [-0.2, -0.15) is 4.80 Å². The normalized spacial score (nSPS) is 15.3. The summed E-state index contributed by atoms with van der Waals surface area (Å²) in [6.45, 7) is 0.493. The molecule has 0 bridgehead atoms. The summed E-state index contributed by atoms with van der Waals surface area (Å²) in [7, 11) is 3.09. The summed E-state index contributed by atoms with van der Waals surface area (Å²) in [5.41, 5.74) is 1.06. The van der Waals surface area contributed by atoms with Gasteiger partial charge >= 0.3 is 0 Å². The zero-order valence-corrected chi connectivity index (χ0v) is 24.6. The van der Waals surface area contributed by atoms with Crippen LogP contribution in [0, 0.1) is 0 Å². The van der Waals surface area contributed by atoms with Crippen LogP contribution in [-0.2, 0) is 16.1 Å². The Balaban J connectivity index is 1.33. The number of amides is 2. The van der Waals surface area contributed by atoms with E-state index in [4.69, 9.17) is 23.4 Å². The third-order valence-electron chi connectivity index (χ3n) is 7.71. The number of anilines is 1. The SMILES string of the molecule is COc1ccc(-c2nnn(CC(=O)N(c3ccc4c(c3)OCCO4)C(C(=O)NC3CCCCC3)c3ccco3)n2)cc1OC. The Morgan fingerprint density at radius 2 is 1.80 bits per heavy atom. The number of carbonyl (C=O) groups is 2. The Labute approximate surface area is 254 Å². The molecule has 6 rings (SSSR count). The number of nitrogens with zero attached hydrogens (tertiary/aromatic N) is 5. The highest BCUT2D eigenvalue weighted by molar-refractivity contribution is 6.01. The fourth-order valence-corrected chi connectivity index (χ4v) is 5.56. The molecular formula is C31H34N6O7. The van der Waals surface area contributed by atoms with Gasteiger partial charge in [-0.25, -0.2) is 0 Å². The molecule has 44 heavy (non-hydrogen) atoms. The zero-order valence-electron chi connectivity index (χ0n) is 24.6. The Hall–Kier alpha value is -5.07. The first-order chi connectivity index (χ1) is 21.5. The predicted molar refractivity (Wildman–Crippen MR) is 158 cm³/mol. The molecule has 1 unspecified atom stereocenters. The smallest absolute Gasteiger partial charge is 0.251 e. The van der Waals surface area contributed by atoms with E-state index in [2.05, 4.69) is 20.7 Å². The van der Waals surface area contributed by atoms with Gasteiger partial charge in [0.25, 0.3) is 11.8 Å². The van der Waals surface area contributed by atoms with Gasteiger partial charge in [-0.1, -0.05) is 19.3 Å². The summed E-state index contributed by atoms with van der Waals surface area (Å²) in [4.78, 5) is 30.8. The maximum atomic E-state index is 14.2. The van der Waals surface area contributed by atoms with E-state index in [0.29, 0.717) is 59.0 Å². The summed E-state index contributed by atoms with van der Waals surface area (Å²) >= 11 is 0. The molecule has 1 aliphatic carbocycles. The number of hydrogen-bond acceptors (Lipinski definition) is 10. The molecular weight excluding hydrogens is 568 g/mol. The molecule has 230 valence electrons. The Morgan fingerprint density at radius 1 is 1.00 bits per heavy atom. The van der Waals surface area contributed by atoms with Crippen LogP contribution in [0.4, 0.5) is 5.69 Å². The second kappa shape index (κ2) is 13.1. The fraction of sp³-hybridized carbons (Fsp3) is 0.387. The van der Waals surface area contributed by atoms with Crippen molar-refractivity contribution >= 4 is 17.5 Å². The van der Waals surface area contributed by atoms with Crippen LogP contribution in [0.25, 0.3) is 11.4 Å². The Morgan fingerprint density at radius 3 is 2.55 bits per heavy atom. The van der Waals surface area contributed by atoms with Crippen molar-refractivity contribution in [2.75, 3.05) is 32.3 Å². The van der Waals surface area contributed by atoms with Crippen LogP contribution in [-0.4, -0.2) is 65.5 Å². The minimum Gasteiger partial charge on any atom is -0.493 e. The van der Waals surface area contributed by atoms with Gasteiger partial charge in [-0.15, -0.1) is 10.2 Å². The van der Waals surface area contributed by atoms with Crippen molar-refractivity contribution in [1.29, 1.82) is 0 Å². The standard InChI is InChI=1S/C31H34N6O7/c1-40-23-12-10-20(17-26(23)41-2)30-33-35-36(34-30)19-28(38)37(22-11-13-24-27(18-22)44-16-15-43-24)29(25-9-6-14-42-25)31(39)32-21-7-4-3-5-8-21/h6,9-14,17-18,21,29H,3-5,7-8,15-16,19H2,1-2H3,(H,32,39). The van der Waals surface area contributed by atoms with Crippen LogP contribution in [0.1, 0.15) is 43.9 Å². The predicted octanol–water partition coefficient (Wildman–Crippen LogP) is 3.94. The molecule has 1 fully saturated rings. The zero-order chi connectivity index (χ0) is 30.5. The van der Waals surface area contributed by atoms with Gasteiger partial charge in [0, 0.05) is 23.4 Å². The van der Waals surface area contributed by atoms with Gasteiger partial charge in [0.2, 0.25) is 5.82 Å². The van der Waals surface area contributed by atoms with E-state index in [1.165, 1.54) is 23.1 Å². The van der Waals surface area contributed by atoms with E-state index in [1.807, 2.05) is 0 Å². The molecule has 2 aromatic heterocycles. The number of furan rings is 1. The summed E-state index contributed by atoms with van der Waals surface area (Å²) < 4.78 is 28.0. The lowest BCUT2D eigenvalue weighted by atomic mass is 9.95. The van der Waals surface area contributed by atoms with Crippen LogP contribution in [0.2, 0.25) is 0 Å². The van der Waals surface area contributed by atoms with Gasteiger partial charge in [0.15, 0.2) is 29.0 Å². The first-order valence-electron chi connectivity index (χ1n) is 14.6. The van der Waals surface area contributed by atoms with Gasteiger partial charge in [0.1, 0.15) is 25.5 Å². The first-order valence-corrected chi connectivity index (χ1v) is 14.6. The molecule has 2 amide bonds. The highest BCUT2D eigenvalue weighted by Crippen LogP contribution is 2.38. The second-order valence-corrected chi connectivity index (χ2v) is 10.6. The van der Waals surface area contributed by atoms with Crippen molar-refractivity contribution in [2.45, 2.75) is 50.7 Å². The number of tetrazole rings is 1. The summed E-state index contributed by atoms with van der Waals surface area (Å²) in [5.74, 6) is 1.92. The number of rotatable bonds is 10. The molecule has 2 aromatic carbocycles. The molecule has 0 spiro atoms. The monoisotopic (exact) mass is 602 g/mol. The largest absolute Gasteiger partial charge is 0.493 e. The van der Waals surface area contributed by atoms with Crippen LogP contribution in [0.15, 0.2) is 59.2 Å². The van der Waals surface area contributed by atoms with Crippen LogP contribution < -0.4 is 29.2 Å². The van der Waals surface area contributed by atoms with Gasteiger partial charge in [-0.05, 0) is 60.5 Å². The van der Waals surface area contributed by atoms with Crippen molar-refractivity contribution in [2.24, 2.45) is 0 Å². The van der Waals surface area contributed by atoms with Gasteiger partial charge in [0.05, 0.1) is 20.5 Å². The topological polar surface area (TPSA) is 143 Å². The molecule has 1 saturated carbocycles. The number of aromatic nitrogens is 4. The lowest BCUT2D eigenvalue weighted by molar-refractivity contribution is -0.128. The third kappa shape index (κ3) is 6.17. The molecule has 13 heteroatoms. The summed E-state index contributed by atoms with van der Waals surface area (Å²) in [5, 5.41) is 15.9. The fourth-order valence-electron chi connectivity index (χ4n) is 5.56. The maximum Gasteiger partial charge on any atom is 0.251 e. The van der Waals surface area contributed by atoms with Crippen LogP contribution in [0.5, 0.6) is 23.0 Å². The number of nitrogens with one attached hydrogen (secondary N) is 1. The highest BCUT2D eigenvalue weighted by atomic mass is 16.6. The van der Waals surface area contributed by atoms with E-state index in [-0.39, 0.29) is 18.5 Å². The van der Waals surface area contributed by atoms with Crippen molar-refractivity contribution < 1.29 is 33.0 Å². The minimum atomic E-state index is -1.10. The first kappa shape index (κ1) is 29.0. The number of benzene rings is 2. The van der Waals surface area contributed by atoms with Gasteiger partial charge < -0.3 is 28.7 Å². The molecule has 0 saturated heterocycles. The van der Waals surface area contributed by atoms with Crippen LogP contribution in [0.3, 0.4) is 0 Å². The Kier molecular flexibility index (Phi) is 8.62. The highest BCUT2D eigenvalue weighted by Gasteiger charge is 2.37. The number of carbonyl (C=O) groups excluding carboxylic acids is 2. The molecule has 4 aromatic rings. The van der Waals surface area contributed by atoms with Crippen molar-refractivity contribution in [1.82, 2.24) is 25.5 Å². The number of ether oxygens (including phenoxy) is 4. The molecule has 1 N–H and O–H groups in total. The van der Waals surface area contributed by atoms with Crippen molar-refractivity contribution in [3.8, 4) is 34.4 Å². The number of fused-ring (bicyclic) bond motifs is 1. The molecule has 3 heterocycles. The van der Waals surface area contributed by atoms with E-state index >= 15 is 0 Å². The second-order valence-electron chi connectivity index (χ2n) is 10.6. The van der Waals surface area contributed by atoms with Crippen molar-refractivity contribution in [3.05, 3.63) is 60.6 Å². The molecule has 13 nitrogen and oxygen atoms in total. The lowest BCUT2D eigenvalue weighted by Crippen LogP contribution is -2.48. The molecule has 0 radical (unpaired) electrons. The third-order valence-corrected chi connectivity index (χ3v) is 7.71. The number of methoxy groups -OCH3 is 2. The van der Waals surface area contributed by atoms with E-state index in [1.54, 1.807) is 55.6 Å². The van der Waals surface area contributed by atoms with Crippen molar-refractivity contribution in [3.63, 3.8) is 0 Å². The minimum absolute atomic E-state index is 0.0203. The van der Waals surface area contributed by atoms with E-state index < -0.39 is 11.9 Å². The summed E-state index contributed by atoms with van der Waals surface area (Å²) in [6.07, 6.45) is 6.49. The summed E-state index contributed by atoms with van der Waals surface area (Å²) in [6, 6.07) is 12.7.